The first-order valence-corrected chi connectivity index (χ1v) is 7.33. The molecule has 0 aromatic rings. The van der Waals surface area contributed by atoms with Gasteiger partial charge in [-0.1, -0.05) is 19.8 Å². The number of hydrogen-bond acceptors (Lipinski definition) is 4. The largest absolute Gasteiger partial charge is 0.460 e. The maximum Gasteiger partial charge on any atom is 0.306 e. The highest BCUT2D eigenvalue weighted by Gasteiger charge is 2.43. The Morgan fingerprint density at radius 3 is 2.37 bits per heavy atom. The number of esters is 1. The maximum absolute atomic E-state index is 11.9. The van der Waals surface area contributed by atoms with Crippen LogP contribution in [-0.2, 0) is 19.3 Å². The molecule has 0 aromatic carbocycles. The van der Waals surface area contributed by atoms with Crippen LogP contribution in [-0.4, -0.2) is 17.4 Å². The molecule has 0 spiro atoms. The third kappa shape index (κ3) is 7.53. The molecule has 1 heterocycles. The second-order valence-electron chi connectivity index (χ2n) is 6.64. The number of carbonyl (C=O) groups is 1. The van der Waals surface area contributed by atoms with Gasteiger partial charge in [0.1, 0.15) is 5.60 Å². The van der Waals surface area contributed by atoms with Crippen LogP contribution in [0.5, 0.6) is 0 Å². The first-order chi connectivity index (χ1) is 8.74. The fourth-order valence-electron chi connectivity index (χ4n) is 2.08. The van der Waals surface area contributed by atoms with Crippen molar-refractivity contribution in [3.05, 3.63) is 0 Å². The van der Waals surface area contributed by atoms with Gasteiger partial charge in [-0.25, -0.2) is 0 Å². The van der Waals surface area contributed by atoms with Crippen molar-refractivity contribution in [2.45, 2.75) is 84.5 Å². The van der Waals surface area contributed by atoms with Crippen molar-refractivity contribution in [1.29, 1.82) is 0 Å². The molecule has 0 bridgehead atoms. The lowest BCUT2D eigenvalue weighted by molar-refractivity contribution is -0.156. The SMILES string of the molecule is CCCCC(CCC1(C)OO1)CC(=O)OC(C)(C)C. The molecule has 0 radical (unpaired) electrons. The highest BCUT2D eigenvalue weighted by Crippen LogP contribution is 2.36. The quantitative estimate of drug-likeness (QED) is 0.381. The van der Waals surface area contributed by atoms with Crippen molar-refractivity contribution in [2.75, 3.05) is 0 Å². The average Bonchev–Trinajstić information content (AvgIpc) is 2.98. The fraction of sp³-hybridized carbons (Fsp3) is 0.933. The van der Waals surface area contributed by atoms with Crippen molar-refractivity contribution < 1.29 is 19.3 Å². The van der Waals surface area contributed by atoms with Gasteiger partial charge in [0.25, 0.3) is 0 Å². The van der Waals surface area contributed by atoms with Crippen LogP contribution in [0.1, 0.15) is 73.1 Å². The van der Waals surface area contributed by atoms with Crippen LogP contribution >= 0.6 is 0 Å². The van der Waals surface area contributed by atoms with E-state index in [1.807, 2.05) is 27.7 Å². The summed E-state index contributed by atoms with van der Waals surface area (Å²) in [6.07, 6.45) is 5.63. The predicted molar refractivity (Wildman–Crippen MR) is 73.3 cm³/mol. The molecule has 112 valence electrons. The number of ether oxygens (including phenoxy) is 1. The topological polar surface area (TPSA) is 51.4 Å². The molecular weight excluding hydrogens is 244 g/mol. The smallest absolute Gasteiger partial charge is 0.306 e. The molecule has 4 heteroatoms. The number of rotatable bonds is 8. The summed E-state index contributed by atoms with van der Waals surface area (Å²) < 4.78 is 5.39. The molecule has 1 rings (SSSR count). The molecule has 0 aliphatic carbocycles. The number of carbonyl (C=O) groups excluding carboxylic acids is 1. The first-order valence-electron chi connectivity index (χ1n) is 7.33. The summed E-state index contributed by atoms with van der Waals surface area (Å²) in [5.41, 5.74) is -0.402. The van der Waals surface area contributed by atoms with Crippen LogP contribution in [0, 0.1) is 5.92 Å². The van der Waals surface area contributed by atoms with Crippen molar-refractivity contribution in [1.82, 2.24) is 0 Å². The molecule has 19 heavy (non-hydrogen) atoms. The summed E-state index contributed by atoms with van der Waals surface area (Å²) in [5, 5.41) is 0. The van der Waals surface area contributed by atoms with Crippen LogP contribution in [0.2, 0.25) is 0 Å². The molecule has 1 aliphatic rings. The second-order valence-corrected chi connectivity index (χ2v) is 6.64. The third-order valence-electron chi connectivity index (χ3n) is 3.22. The number of unbranched alkanes of at least 4 members (excludes halogenated alkanes) is 1. The minimum atomic E-state index is -0.404. The molecule has 1 fully saturated rings. The molecule has 0 N–H and O–H groups in total. The summed E-state index contributed by atoms with van der Waals surface area (Å²) >= 11 is 0. The van der Waals surface area contributed by atoms with Crippen molar-refractivity contribution in [3.63, 3.8) is 0 Å². The molecule has 0 saturated carbocycles. The molecule has 0 aromatic heterocycles. The van der Waals surface area contributed by atoms with E-state index in [4.69, 9.17) is 14.5 Å². The van der Waals surface area contributed by atoms with Gasteiger partial charge in [-0.3, -0.25) is 4.79 Å². The molecular formula is C15H28O4. The van der Waals surface area contributed by atoms with E-state index in [0.717, 1.165) is 32.1 Å². The summed E-state index contributed by atoms with van der Waals surface area (Å²) in [5.74, 6) is -0.144. The first kappa shape index (κ1) is 16.4. The monoisotopic (exact) mass is 272 g/mol. The van der Waals surface area contributed by atoms with Crippen LogP contribution in [0.25, 0.3) is 0 Å². The Bertz CT molecular complexity index is 289. The highest BCUT2D eigenvalue weighted by atomic mass is 17.4. The third-order valence-corrected chi connectivity index (χ3v) is 3.22. The predicted octanol–water partition coefficient (Wildman–Crippen LogP) is 3.98. The van der Waals surface area contributed by atoms with Crippen molar-refractivity contribution in [3.8, 4) is 0 Å². The Morgan fingerprint density at radius 2 is 1.89 bits per heavy atom. The number of hydrogen-bond donors (Lipinski definition) is 0. The molecule has 1 aliphatic heterocycles. The highest BCUT2D eigenvalue weighted by molar-refractivity contribution is 5.70. The Hall–Kier alpha value is -0.610. The van der Waals surface area contributed by atoms with Crippen LogP contribution in [0.3, 0.4) is 0 Å². The van der Waals surface area contributed by atoms with Crippen molar-refractivity contribution in [2.24, 2.45) is 5.92 Å². The lowest BCUT2D eigenvalue weighted by Gasteiger charge is -2.22. The standard InChI is InChI=1S/C15H28O4/c1-6-7-8-12(9-10-15(5)18-19-15)11-13(16)17-14(2,3)4/h12H,6-11H2,1-5H3. The van der Waals surface area contributed by atoms with E-state index in [0.29, 0.717) is 12.3 Å². The lowest BCUT2D eigenvalue weighted by atomic mass is 9.92. The van der Waals surface area contributed by atoms with Crippen LogP contribution in [0.15, 0.2) is 0 Å². The Morgan fingerprint density at radius 1 is 1.26 bits per heavy atom. The summed E-state index contributed by atoms with van der Waals surface area (Å²) in [6.45, 7) is 9.80. The second kappa shape index (κ2) is 6.71. The van der Waals surface area contributed by atoms with E-state index in [2.05, 4.69) is 6.92 Å². The lowest BCUT2D eigenvalue weighted by Crippen LogP contribution is -2.25. The van der Waals surface area contributed by atoms with E-state index in [1.54, 1.807) is 0 Å². The molecule has 1 atom stereocenters. The van der Waals surface area contributed by atoms with Crippen molar-refractivity contribution >= 4 is 5.97 Å². The average molecular weight is 272 g/mol. The van der Waals surface area contributed by atoms with E-state index >= 15 is 0 Å². The zero-order valence-electron chi connectivity index (χ0n) is 13.0. The van der Waals surface area contributed by atoms with Gasteiger partial charge in [-0.05, 0) is 46.5 Å². The zero-order chi connectivity index (χ0) is 14.5. The van der Waals surface area contributed by atoms with Crippen LogP contribution in [0.4, 0.5) is 0 Å². The van der Waals surface area contributed by atoms with E-state index in [1.165, 1.54) is 0 Å². The van der Waals surface area contributed by atoms with E-state index in [9.17, 15) is 4.79 Å². The fourth-order valence-corrected chi connectivity index (χ4v) is 2.08. The molecule has 0 amide bonds. The van der Waals surface area contributed by atoms with E-state index < -0.39 is 11.4 Å². The van der Waals surface area contributed by atoms with Gasteiger partial charge in [-0.2, -0.15) is 9.78 Å². The van der Waals surface area contributed by atoms with E-state index in [-0.39, 0.29) is 5.97 Å². The minimum absolute atomic E-state index is 0.101. The van der Waals surface area contributed by atoms with Gasteiger partial charge in [0, 0.05) is 12.8 Å². The summed E-state index contributed by atoms with van der Waals surface area (Å²) in [4.78, 5) is 21.7. The summed E-state index contributed by atoms with van der Waals surface area (Å²) in [7, 11) is 0. The molecule has 4 nitrogen and oxygen atoms in total. The summed E-state index contributed by atoms with van der Waals surface area (Å²) in [6, 6.07) is 0. The van der Waals surface area contributed by atoms with Crippen LogP contribution < -0.4 is 0 Å². The maximum atomic E-state index is 11.9. The van der Waals surface area contributed by atoms with Gasteiger partial charge in [0.2, 0.25) is 5.79 Å². The zero-order valence-corrected chi connectivity index (χ0v) is 13.0. The molecule has 1 unspecified atom stereocenters. The van der Waals surface area contributed by atoms with Gasteiger partial charge in [0.15, 0.2) is 0 Å². The normalized spacial score (nSPS) is 19.0. The minimum Gasteiger partial charge on any atom is -0.460 e. The van der Waals surface area contributed by atoms with Gasteiger partial charge >= 0.3 is 5.97 Å². The van der Waals surface area contributed by atoms with Gasteiger partial charge in [0.05, 0.1) is 0 Å². The molecule has 1 saturated heterocycles. The van der Waals surface area contributed by atoms with Gasteiger partial charge in [-0.15, -0.1) is 0 Å². The Balaban J connectivity index is 2.36. The Labute approximate surface area is 116 Å². The Kier molecular flexibility index (Phi) is 5.81. The van der Waals surface area contributed by atoms with Gasteiger partial charge < -0.3 is 4.74 Å².